The molecule has 1 aliphatic rings. The van der Waals surface area contributed by atoms with Crippen molar-refractivity contribution in [2.45, 2.75) is 5.92 Å². The summed E-state index contributed by atoms with van der Waals surface area (Å²) in [6, 6.07) is 3.95. The highest BCUT2D eigenvalue weighted by atomic mass is 35.5. The third kappa shape index (κ3) is 1.83. The predicted octanol–water partition coefficient (Wildman–Crippen LogP) is 3.21. The number of thiophene rings is 1. The molecule has 15 heavy (non-hydrogen) atoms. The number of thiazole rings is 1. The van der Waals surface area contributed by atoms with E-state index in [1.165, 1.54) is 5.01 Å². The molecule has 5 heteroatoms. The molecule has 2 nitrogen and oxygen atoms in total. The summed E-state index contributed by atoms with van der Waals surface area (Å²) in [7, 11) is 0. The molecule has 1 aliphatic heterocycles. The van der Waals surface area contributed by atoms with Crippen LogP contribution in [-0.4, -0.2) is 18.1 Å². The van der Waals surface area contributed by atoms with Crippen molar-refractivity contribution in [2.75, 3.05) is 13.1 Å². The average molecular weight is 257 g/mol. The molecule has 0 saturated carbocycles. The van der Waals surface area contributed by atoms with Gasteiger partial charge in [-0.25, -0.2) is 4.98 Å². The van der Waals surface area contributed by atoms with Gasteiger partial charge in [0.2, 0.25) is 0 Å². The molecular formula is C10H9ClN2S2. The first-order chi connectivity index (χ1) is 7.33. The Morgan fingerprint density at radius 3 is 2.87 bits per heavy atom. The summed E-state index contributed by atoms with van der Waals surface area (Å²) in [5, 5.41) is 6.63. The molecule has 1 N–H and O–H groups in total. The number of nitrogens with zero attached hydrogens (tertiary/aromatic N) is 1. The van der Waals surface area contributed by atoms with Gasteiger partial charge in [0, 0.05) is 24.4 Å². The van der Waals surface area contributed by atoms with E-state index in [0.717, 1.165) is 28.0 Å². The molecule has 0 spiro atoms. The van der Waals surface area contributed by atoms with Crippen molar-refractivity contribution in [1.29, 1.82) is 0 Å². The summed E-state index contributed by atoms with van der Waals surface area (Å²) in [6.07, 6.45) is 0. The van der Waals surface area contributed by atoms with Gasteiger partial charge in [0.05, 0.1) is 19.9 Å². The Kier molecular flexibility index (Phi) is 2.52. The second-order valence-electron chi connectivity index (χ2n) is 3.53. The molecule has 0 atom stereocenters. The van der Waals surface area contributed by atoms with Crippen LogP contribution in [0.5, 0.6) is 0 Å². The van der Waals surface area contributed by atoms with Crippen LogP contribution in [0.3, 0.4) is 0 Å². The first kappa shape index (κ1) is 9.78. The van der Waals surface area contributed by atoms with Gasteiger partial charge in [-0.05, 0) is 12.1 Å². The first-order valence-corrected chi connectivity index (χ1v) is 6.82. The number of rotatable bonds is 2. The van der Waals surface area contributed by atoms with Crippen LogP contribution in [0.2, 0.25) is 4.34 Å². The van der Waals surface area contributed by atoms with Crippen LogP contribution in [0.4, 0.5) is 0 Å². The van der Waals surface area contributed by atoms with E-state index in [9.17, 15) is 0 Å². The second kappa shape index (κ2) is 3.87. The molecule has 78 valence electrons. The van der Waals surface area contributed by atoms with Crippen molar-refractivity contribution in [3.05, 3.63) is 26.9 Å². The minimum Gasteiger partial charge on any atom is -0.315 e. The molecule has 3 heterocycles. The number of hydrogen-bond acceptors (Lipinski definition) is 4. The highest BCUT2D eigenvalue weighted by molar-refractivity contribution is 7.19. The maximum absolute atomic E-state index is 5.90. The number of halogens is 1. The van der Waals surface area contributed by atoms with Gasteiger partial charge in [-0.15, -0.1) is 22.7 Å². The highest BCUT2D eigenvalue weighted by Crippen LogP contribution is 2.33. The smallest absolute Gasteiger partial charge is 0.0989 e. The molecule has 0 bridgehead atoms. The maximum atomic E-state index is 5.90. The lowest BCUT2D eigenvalue weighted by Crippen LogP contribution is -2.39. The Morgan fingerprint density at radius 1 is 1.40 bits per heavy atom. The van der Waals surface area contributed by atoms with E-state index in [2.05, 4.69) is 15.7 Å². The van der Waals surface area contributed by atoms with Crippen LogP contribution < -0.4 is 5.32 Å². The van der Waals surface area contributed by atoms with Crippen LogP contribution >= 0.6 is 34.3 Å². The Balaban J connectivity index is 1.89. The Labute approximate surface area is 101 Å². The topological polar surface area (TPSA) is 24.9 Å². The molecule has 1 fully saturated rings. The fraction of sp³-hybridized carbons (Fsp3) is 0.300. The summed E-state index contributed by atoms with van der Waals surface area (Å²) >= 11 is 9.24. The van der Waals surface area contributed by atoms with Gasteiger partial charge in [0.25, 0.3) is 0 Å². The van der Waals surface area contributed by atoms with Crippen LogP contribution in [-0.2, 0) is 0 Å². The normalized spacial score (nSPS) is 16.6. The van der Waals surface area contributed by atoms with Crippen LogP contribution in [0.1, 0.15) is 10.9 Å². The van der Waals surface area contributed by atoms with Gasteiger partial charge >= 0.3 is 0 Å². The fourth-order valence-electron chi connectivity index (χ4n) is 1.50. The quantitative estimate of drug-likeness (QED) is 0.893. The van der Waals surface area contributed by atoms with E-state index >= 15 is 0 Å². The Bertz CT molecular complexity index is 473. The van der Waals surface area contributed by atoms with Gasteiger partial charge in [-0.3, -0.25) is 0 Å². The zero-order chi connectivity index (χ0) is 10.3. The standard InChI is InChI=1S/C10H9ClN2S2/c11-9-2-1-8(15-9)7-5-14-10(13-7)6-3-12-4-6/h1-2,5-6,12H,3-4H2. The number of nitrogens with one attached hydrogen (secondary N) is 1. The number of hydrogen-bond donors (Lipinski definition) is 1. The van der Waals surface area contributed by atoms with Crippen molar-refractivity contribution >= 4 is 34.3 Å². The van der Waals surface area contributed by atoms with Crippen molar-refractivity contribution in [2.24, 2.45) is 0 Å². The monoisotopic (exact) mass is 256 g/mol. The zero-order valence-corrected chi connectivity index (χ0v) is 10.3. The lowest BCUT2D eigenvalue weighted by atomic mass is 10.1. The molecule has 0 amide bonds. The summed E-state index contributed by atoms with van der Waals surface area (Å²) in [4.78, 5) is 5.81. The van der Waals surface area contributed by atoms with Gasteiger partial charge in [-0.2, -0.15) is 0 Å². The van der Waals surface area contributed by atoms with E-state index in [1.54, 1.807) is 22.7 Å². The SMILES string of the molecule is Clc1ccc(-c2csc(C3CNC3)n2)s1. The van der Waals surface area contributed by atoms with Crippen molar-refractivity contribution in [3.63, 3.8) is 0 Å². The fourth-order valence-corrected chi connectivity index (χ4v) is 3.50. The number of aromatic nitrogens is 1. The van der Waals surface area contributed by atoms with E-state index in [1.807, 2.05) is 12.1 Å². The van der Waals surface area contributed by atoms with Crippen LogP contribution in [0.15, 0.2) is 17.5 Å². The molecule has 2 aromatic heterocycles. The first-order valence-electron chi connectivity index (χ1n) is 4.75. The largest absolute Gasteiger partial charge is 0.315 e. The van der Waals surface area contributed by atoms with Gasteiger partial charge in [0.15, 0.2) is 0 Å². The lowest BCUT2D eigenvalue weighted by Gasteiger charge is -2.24. The molecule has 2 aromatic rings. The second-order valence-corrected chi connectivity index (χ2v) is 6.13. The minimum absolute atomic E-state index is 0.624. The molecule has 0 radical (unpaired) electrons. The van der Waals surface area contributed by atoms with Crippen LogP contribution in [0.25, 0.3) is 10.6 Å². The molecular weight excluding hydrogens is 248 g/mol. The van der Waals surface area contributed by atoms with Gasteiger partial charge in [-0.1, -0.05) is 11.6 Å². The van der Waals surface area contributed by atoms with E-state index < -0.39 is 0 Å². The van der Waals surface area contributed by atoms with E-state index in [0.29, 0.717) is 5.92 Å². The summed E-state index contributed by atoms with van der Waals surface area (Å²) < 4.78 is 0.824. The van der Waals surface area contributed by atoms with Crippen LogP contribution in [0, 0.1) is 0 Å². The molecule has 3 rings (SSSR count). The van der Waals surface area contributed by atoms with Crippen molar-refractivity contribution in [1.82, 2.24) is 10.3 Å². The summed E-state index contributed by atoms with van der Waals surface area (Å²) in [6.45, 7) is 2.14. The Hall–Kier alpha value is -0.420. The molecule has 0 unspecified atom stereocenters. The average Bonchev–Trinajstić information content (AvgIpc) is 2.70. The predicted molar refractivity (Wildman–Crippen MR) is 66.0 cm³/mol. The van der Waals surface area contributed by atoms with Gasteiger partial charge < -0.3 is 5.32 Å². The lowest BCUT2D eigenvalue weighted by molar-refractivity contribution is 0.447. The highest BCUT2D eigenvalue weighted by Gasteiger charge is 2.22. The summed E-state index contributed by atoms with van der Waals surface area (Å²) in [5.74, 6) is 0.624. The maximum Gasteiger partial charge on any atom is 0.0989 e. The minimum atomic E-state index is 0.624. The van der Waals surface area contributed by atoms with E-state index in [-0.39, 0.29) is 0 Å². The van der Waals surface area contributed by atoms with Gasteiger partial charge in [0.1, 0.15) is 0 Å². The van der Waals surface area contributed by atoms with Crippen molar-refractivity contribution < 1.29 is 0 Å². The molecule has 0 aliphatic carbocycles. The summed E-state index contributed by atoms with van der Waals surface area (Å²) in [5.41, 5.74) is 1.07. The Morgan fingerprint density at radius 2 is 2.27 bits per heavy atom. The van der Waals surface area contributed by atoms with Crippen molar-refractivity contribution in [3.8, 4) is 10.6 Å². The molecule has 0 aromatic carbocycles. The van der Waals surface area contributed by atoms with E-state index in [4.69, 9.17) is 11.6 Å². The zero-order valence-electron chi connectivity index (χ0n) is 7.87. The molecule has 1 saturated heterocycles. The third-order valence-electron chi connectivity index (χ3n) is 2.48. The third-order valence-corrected chi connectivity index (χ3v) is 4.74.